The van der Waals surface area contributed by atoms with E-state index >= 15 is 0 Å². The molecule has 2 nitrogen and oxygen atoms in total. The topological polar surface area (TPSA) is 33.0 Å². The standard InChI is InChI=1S/C14H12FNOS/c15-13-4-3-11(9-16)12(8-13)10-17-6-5-14-2-1-7-18-14/h1-4,7-8H,5-6,10H2. The molecule has 1 heterocycles. The van der Waals surface area contributed by atoms with Crippen LogP contribution in [0.1, 0.15) is 16.0 Å². The third-order valence-electron chi connectivity index (χ3n) is 2.52. The van der Waals surface area contributed by atoms with Crippen LogP contribution in [-0.2, 0) is 17.8 Å². The highest BCUT2D eigenvalue weighted by atomic mass is 32.1. The summed E-state index contributed by atoms with van der Waals surface area (Å²) in [6.45, 7) is 0.841. The molecule has 18 heavy (non-hydrogen) atoms. The molecule has 0 atom stereocenters. The molecular formula is C14H12FNOS. The van der Waals surface area contributed by atoms with Gasteiger partial charge in [-0.1, -0.05) is 6.07 Å². The van der Waals surface area contributed by atoms with Gasteiger partial charge in [-0.15, -0.1) is 11.3 Å². The van der Waals surface area contributed by atoms with Crippen molar-refractivity contribution in [1.82, 2.24) is 0 Å². The number of hydrogen-bond acceptors (Lipinski definition) is 3. The Morgan fingerprint density at radius 1 is 1.33 bits per heavy atom. The van der Waals surface area contributed by atoms with E-state index in [0.717, 1.165) is 6.42 Å². The summed E-state index contributed by atoms with van der Waals surface area (Å²) in [7, 11) is 0. The summed E-state index contributed by atoms with van der Waals surface area (Å²) >= 11 is 1.69. The Morgan fingerprint density at radius 3 is 2.94 bits per heavy atom. The highest BCUT2D eigenvalue weighted by Gasteiger charge is 2.04. The highest BCUT2D eigenvalue weighted by molar-refractivity contribution is 7.09. The zero-order valence-electron chi connectivity index (χ0n) is 9.73. The Hall–Kier alpha value is -1.70. The first-order valence-electron chi connectivity index (χ1n) is 5.58. The molecule has 0 saturated heterocycles. The maximum absolute atomic E-state index is 13.1. The molecule has 0 bridgehead atoms. The minimum Gasteiger partial charge on any atom is -0.376 e. The first-order chi connectivity index (χ1) is 8.79. The lowest BCUT2D eigenvalue weighted by Gasteiger charge is -2.05. The smallest absolute Gasteiger partial charge is 0.123 e. The molecule has 0 aliphatic heterocycles. The Morgan fingerprint density at radius 2 is 2.22 bits per heavy atom. The molecule has 4 heteroatoms. The Bertz CT molecular complexity index is 545. The van der Waals surface area contributed by atoms with Crippen molar-refractivity contribution < 1.29 is 9.13 Å². The van der Waals surface area contributed by atoms with E-state index in [9.17, 15) is 4.39 Å². The predicted octanol–water partition coefficient (Wildman–Crippen LogP) is 3.52. The van der Waals surface area contributed by atoms with Crippen LogP contribution in [0.5, 0.6) is 0 Å². The third-order valence-corrected chi connectivity index (χ3v) is 3.45. The van der Waals surface area contributed by atoms with Gasteiger partial charge < -0.3 is 4.74 Å². The van der Waals surface area contributed by atoms with Gasteiger partial charge in [0, 0.05) is 11.3 Å². The first-order valence-corrected chi connectivity index (χ1v) is 6.46. The summed E-state index contributed by atoms with van der Waals surface area (Å²) in [5.41, 5.74) is 1.07. The van der Waals surface area contributed by atoms with Crippen LogP contribution in [0.2, 0.25) is 0 Å². The second kappa shape index (κ2) is 6.29. The molecule has 92 valence electrons. The van der Waals surface area contributed by atoms with E-state index in [0.29, 0.717) is 17.7 Å². The third kappa shape index (κ3) is 3.39. The summed E-state index contributed by atoms with van der Waals surface area (Å²) in [6.07, 6.45) is 0.842. The number of hydrogen-bond donors (Lipinski definition) is 0. The molecule has 0 fully saturated rings. The monoisotopic (exact) mass is 261 g/mol. The molecule has 0 spiro atoms. The average Bonchev–Trinajstić information content (AvgIpc) is 2.88. The van der Waals surface area contributed by atoms with Crippen molar-refractivity contribution >= 4 is 11.3 Å². The lowest BCUT2D eigenvalue weighted by atomic mass is 10.1. The molecule has 2 rings (SSSR count). The van der Waals surface area contributed by atoms with Crippen LogP contribution in [0.15, 0.2) is 35.7 Å². The molecule has 0 N–H and O–H groups in total. The van der Waals surface area contributed by atoms with Gasteiger partial charge in [0.05, 0.1) is 24.8 Å². The first kappa shape index (κ1) is 12.7. The molecule has 1 aromatic carbocycles. The number of nitriles is 1. The zero-order valence-corrected chi connectivity index (χ0v) is 10.5. The van der Waals surface area contributed by atoms with Crippen molar-refractivity contribution in [3.8, 4) is 6.07 Å². The molecular weight excluding hydrogens is 249 g/mol. The van der Waals surface area contributed by atoms with Gasteiger partial charge in [0.15, 0.2) is 0 Å². The SMILES string of the molecule is N#Cc1ccc(F)cc1COCCc1cccs1. The largest absolute Gasteiger partial charge is 0.376 e. The van der Waals surface area contributed by atoms with Crippen LogP contribution < -0.4 is 0 Å². The lowest BCUT2D eigenvalue weighted by molar-refractivity contribution is 0.124. The van der Waals surface area contributed by atoms with E-state index < -0.39 is 0 Å². The van der Waals surface area contributed by atoms with Gasteiger partial charge in [0.1, 0.15) is 5.82 Å². The van der Waals surface area contributed by atoms with E-state index in [4.69, 9.17) is 10.00 Å². The summed E-state index contributed by atoms with van der Waals surface area (Å²) in [5, 5.41) is 10.9. The van der Waals surface area contributed by atoms with Gasteiger partial charge >= 0.3 is 0 Å². The number of benzene rings is 1. The van der Waals surface area contributed by atoms with E-state index in [1.54, 1.807) is 11.3 Å². The Labute approximate surface area is 109 Å². The van der Waals surface area contributed by atoms with Gasteiger partial charge in [-0.05, 0) is 35.2 Å². The quantitative estimate of drug-likeness (QED) is 0.771. The molecule has 0 unspecified atom stereocenters. The normalized spacial score (nSPS) is 10.2. The van der Waals surface area contributed by atoms with Crippen molar-refractivity contribution in [2.24, 2.45) is 0 Å². The fourth-order valence-corrected chi connectivity index (χ4v) is 2.29. The van der Waals surface area contributed by atoms with Crippen LogP contribution in [0.25, 0.3) is 0 Å². The summed E-state index contributed by atoms with van der Waals surface area (Å²) in [5.74, 6) is -0.342. The van der Waals surface area contributed by atoms with Gasteiger partial charge in [-0.2, -0.15) is 5.26 Å². The van der Waals surface area contributed by atoms with Crippen LogP contribution in [0.3, 0.4) is 0 Å². The highest BCUT2D eigenvalue weighted by Crippen LogP contribution is 2.13. The minimum absolute atomic E-state index is 0.270. The fourth-order valence-electron chi connectivity index (χ4n) is 1.60. The number of ether oxygens (including phenoxy) is 1. The zero-order chi connectivity index (χ0) is 12.8. The fraction of sp³-hybridized carbons (Fsp3) is 0.214. The van der Waals surface area contributed by atoms with E-state index in [1.165, 1.54) is 23.1 Å². The second-order valence-electron chi connectivity index (χ2n) is 3.80. The van der Waals surface area contributed by atoms with Crippen LogP contribution in [0.4, 0.5) is 4.39 Å². The minimum atomic E-state index is -0.342. The van der Waals surface area contributed by atoms with E-state index in [2.05, 4.69) is 6.07 Å². The van der Waals surface area contributed by atoms with Gasteiger partial charge in [-0.3, -0.25) is 0 Å². The van der Waals surface area contributed by atoms with Crippen molar-refractivity contribution in [3.63, 3.8) is 0 Å². The van der Waals surface area contributed by atoms with Crippen molar-refractivity contribution in [3.05, 3.63) is 57.5 Å². The molecule has 0 radical (unpaired) electrons. The maximum Gasteiger partial charge on any atom is 0.123 e. The van der Waals surface area contributed by atoms with Crippen molar-refractivity contribution in [1.29, 1.82) is 5.26 Å². The van der Waals surface area contributed by atoms with E-state index in [1.807, 2.05) is 17.5 Å². The van der Waals surface area contributed by atoms with Crippen LogP contribution >= 0.6 is 11.3 Å². The van der Waals surface area contributed by atoms with Gasteiger partial charge in [0.25, 0.3) is 0 Å². The number of thiophene rings is 1. The van der Waals surface area contributed by atoms with Crippen LogP contribution in [0, 0.1) is 17.1 Å². The van der Waals surface area contributed by atoms with Crippen molar-refractivity contribution in [2.75, 3.05) is 6.61 Å². The maximum atomic E-state index is 13.1. The second-order valence-corrected chi connectivity index (χ2v) is 4.83. The Balaban J connectivity index is 1.86. The molecule has 0 amide bonds. The molecule has 0 aliphatic carbocycles. The average molecular weight is 261 g/mol. The predicted molar refractivity (Wildman–Crippen MR) is 68.8 cm³/mol. The van der Waals surface area contributed by atoms with Gasteiger partial charge in [0.2, 0.25) is 0 Å². The van der Waals surface area contributed by atoms with Crippen LogP contribution in [-0.4, -0.2) is 6.61 Å². The van der Waals surface area contributed by atoms with Gasteiger partial charge in [-0.25, -0.2) is 4.39 Å². The number of rotatable bonds is 5. The number of halogens is 1. The number of nitrogens with zero attached hydrogens (tertiary/aromatic N) is 1. The molecule has 0 saturated carbocycles. The summed E-state index contributed by atoms with van der Waals surface area (Å²) < 4.78 is 18.5. The molecule has 2 aromatic rings. The van der Waals surface area contributed by atoms with Crippen molar-refractivity contribution in [2.45, 2.75) is 13.0 Å². The molecule has 1 aromatic heterocycles. The summed E-state index contributed by atoms with van der Waals surface area (Å²) in [6, 6.07) is 10.2. The Kier molecular flexibility index (Phi) is 4.46. The summed E-state index contributed by atoms with van der Waals surface area (Å²) in [4.78, 5) is 1.26. The molecule has 0 aliphatic rings. The lowest BCUT2D eigenvalue weighted by Crippen LogP contribution is -2.00. The van der Waals surface area contributed by atoms with E-state index in [-0.39, 0.29) is 12.4 Å².